The van der Waals surface area contributed by atoms with E-state index in [4.69, 9.17) is 4.74 Å². The minimum Gasteiger partial charge on any atom is -0.379 e. The quantitative estimate of drug-likeness (QED) is 0.710. The molecule has 0 radical (unpaired) electrons. The van der Waals surface area contributed by atoms with Gasteiger partial charge in [0.1, 0.15) is 5.82 Å². The monoisotopic (exact) mass is 291 g/mol. The first kappa shape index (κ1) is 15.8. The SMILES string of the molecule is CCCNc1ccc(C(=O)N(C)CCOCC2CC2)cn1. The van der Waals surface area contributed by atoms with Gasteiger partial charge in [-0.2, -0.15) is 0 Å². The fourth-order valence-electron chi connectivity index (χ4n) is 1.94. The maximum absolute atomic E-state index is 12.2. The molecular weight excluding hydrogens is 266 g/mol. The Morgan fingerprint density at radius 2 is 2.29 bits per heavy atom. The molecule has 21 heavy (non-hydrogen) atoms. The summed E-state index contributed by atoms with van der Waals surface area (Å²) in [6, 6.07) is 3.66. The topological polar surface area (TPSA) is 54.5 Å². The van der Waals surface area contributed by atoms with Gasteiger partial charge >= 0.3 is 0 Å². The molecular formula is C16H25N3O2. The summed E-state index contributed by atoms with van der Waals surface area (Å²) in [5, 5.41) is 3.19. The number of aromatic nitrogens is 1. The van der Waals surface area contributed by atoms with E-state index >= 15 is 0 Å². The molecule has 1 heterocycles. The predicted molar refractivity (Wildman–Crippen MR) is 83.5 cm³/mol. The van der Waals surface area contributed by atoms with Gasteiger partial charge in [0.05, 0.1) is 12.2 Å². The van der Waals surface area contributed by atoms with E-state index in [0.29, 0.717) is 18.7 Å². The average Bonchev–Trinajstić information content (AvgIpc) is 3.33. The second-order valence-corrected chi connectivity index (χ2v) is 5.60. The molecule has 0 spiro atoms. The lowest BCUT2D eigenvalue weighted by atomic mass is 10.2. The van der Waals surface area contributed by atoms with Crippen LogP contribution in [-0.2, 0) is 4.74 Å². The summed E-state index contributed by atoms with van der Waals surface area (Å²) in [5.41, 5.74) is 0.613. The highest BCUT2D eigenvalue weighted by molar-refractivity contribution is 5.93. The molecule has 5 heteroatoms. The number of anilines is 1. The third-order valence-electron chi connectivity index (χ3n) is 3.53. The van der Waals surface area contributed by atoms with Crippen LogP contribution >= 0.6 is 0 Å². The van der Waals surface area contributed by atoms with Crippen LogP contribution in [0.2, 0.25) is 0 Å². The number of nitrogens with one attached hydrogen (secondary N) is 1. The summed E-state index contributed by atoms with van der Waals surface area (Å²) < 4.78 is 5.56. The highest BCUT2D eigenvalue weighted by atomic mass is 16.5. The largest absolute Gasteiger partial charge is 0.379 e. The number of nitrogens with zero attached hydrogens (tertiary/aromatic N) is 2. The van der Waals surface area contributed by atoms with Gasteiger partial charge in [0, 0.05) is 32.9 Å². The van der Waals surface area contributed by atoms with E-state index in [-0.39, 0.29) is 5.91 Å². The Kier molecular flexibility index (Phi) is 5.99. The Bertz CT molecular complexity index is 443. The minimum absolute atomic E-state index is 0.0143. The van der Waals surface area contributed by atoms with E-state index in [1.165, 1.54) is 12.8 Å². The maximum Gasteiger partial charge on any atom is 0.255 e. The summed E-state index contributed by atoms with van der Waals surface area (Å²) in [4.78, 5) is 18.2. The fourth-order valence-corrected chi connectivity index (χ4v) is 1.94. The summed E-state index contributed by atoms with van der Waals surface area (Å²) in [7, 11) is 1.80. The molecule has 1 fully saturated rings. The third kappa shape index (κ3) is 5.34. The molecule has 1 amide bonds. The number of ether oxygens (including phenoxy) is 1. The molecule has 1 aliphatic rings. The van der Waals surface area contributed by atoms with E-state index in [0.717, 1.165) is 31.3 Å². The fraction of sp³-hybridized carbons (Fsp3) is 0.625. The summed E-state index contributed by atoms with van der Waals surface area (Å²) in [5.74, 6) is 1.56. The van der Waals surface area contributed by atoms with Crippen molar-refractivity contribution >= 4 is 11.7 Å². The number of hydrogen-bond donors (Lipinski definition) is 1. The van der Waals surface area contributed by atoms with E-state index in [1.54, 1.807) is 18.1 Å². The second kappa shape index (κ2) is 7.98. The minimum atomic E-state index is -0.0143. The maximum atomic E-state index is 12.2. The molecule has 0 aromatic carbocycles. The van der Waals surface area contributed by atoms with Crippen molar-refractivity contribution in [3.05, 3.63) is 23.9 Å². The van der Waals surface area contributed by atoms with Crippen molar-refractivity contribution in [3.63, 3.8) is 0 Å². The van der Waals surface area contributed by atoms with Crippen LogP contribution in [0.5, 0.6) is 0 Å². The number of pyridine rings is 1. The van der Waals surface area contributed by atoms with Crippen molar-refractivity contribution in [1.29, 1.82) is 0 Å². The van der Waals surface area contributed by atoms with Gasteiger partial charge in [-0.15, -0.1) is 0 Å². The highest BCUT2D eigenvalue weighted by Crippen LogP contribution is 2.28. The normalized spacial score (nSPS) is 14.0. The molecule has 1 aromatic rings. The van der Waals surface area contributed by atoms with Gasteiger partial charge in [0.2, 0.25) is 0 Å². The smallest absolute Gasteiger partial charge is 0.255 e. The van der Waals surface area contributed by atoms with Crippen molar-refractivity contribution in [1.82, 2.24) is 9.88 Å². The molecule has 1 saturated carbocycles. The second-order valence-electron chi connectivity index (χ2n) is 5.60. The van der Waals surface area contributed by atoms with Crippen LogP contribution < -0.4 is 5.32 Å². The van der Waals surface area contributed by atoms with Crippen LogP contribution in [0, 0.1) is 5.92 Å². The Morgan fingerprint density at radius 1 is 1.48 bits per heavy atom. The molecule has 116 valence electrons. The number of hydrogen-bond acceptors (Lipinski definition) is 4. The predicted octanol–water partition coefficient (Wildman–Crippen LogP) is 2.40. The van der Waals surface area contributed by atoms with E-state index in [9.17, 15) is 4.79 Å². The Morgan fingerprint density at radius 3 is 2.90 bits per heavy atom. The van der Waals surface area contributed by atoms with Crippen LogP contribution in [-0.4, -0.2) is 49.1 Å². The third-order valence-corrected chi connectivity index (χ3v) is 3.53. The summed E-state index contributed by atoms with van der Waals surface area (Å²) in [6.07, 6.45) is 5.26. The Labute approximate surface area is 126 Å². The van der Waals surface area contributed by atoms with Crippen LogP contribution in [0.3, 0.4) is 0 Å². The zero-order valence-corrected chi connectivity index (χ0v) is 13.0. The molecule has 0 unspecified atom stereocenters. The van der Waals surface area contributed by atoms with Gasteiger partial charge in [-0.3, -0.25) is 4.79 Å². The van der Waals surface area contributed by atoms with Gasteiger partial charge in [0.25, 0.3) is 5.91 Å². The van der Waals surface area contributed by atoms with Crippen molar-refractivity contribution in [2.24, 2.45) is 5.92 Å². The number of carbonyl (C=O) groups is 1. The summed E-state index contributed by atoms with van der Waals surface area (Å²) in [6.45, 7) is 5.04. The van der Waals surface area contributed by atoms with E-state index in [1.807, 2.05) is 12.1 Å². The highest BCUT2D eigenvalue weighted by Gasteiger charge is 2.21. The zero-order valence-electron chi connectivity index (χ0n) is 13.0. The van der Waals surface area contributed by atoms with E-state index < -0.39 is 0 Å². The van der Waals surface area contributed by atoms with Gasteiger partial charge in [-0.05, 0) is 37.3 Å². The molecule has 5 nitrogen and oxygen atoms in total. The molecule has 1 N–H and O–H groups in total. The van der Waals surface area contributed by atoms with Crippen molar-refractivity contribution < 1.29 is 9.53 Å². The molecule has 1 aromatic heterocycles. The lowest BCUT2D eigenvalue weighted by Gasteiger charge is -2.17. The molecule has 0 saturated heterocycles. The Balaban J connectivity index is 1.74. The van der Waals surface area contributed by atoms with Crippen LogP contribution in [0.4, 0.5) is 5.82 Å². The number of amides is 1. The van der Waals surface area contributed by atoms with Gasteiger partial charge in [0.15, 0.2) is 0 Å². The average molecular weight is 291 g/mol. The molecule has 0 atom stereocenters. The van der Waals surface area contributed by atoms with Crippen molar-refractivity contribution in [2.75, 3.05) is 38.7 Å². The van der Waals surface area contributed by atoms with E-state index in [2.05, 4.69) is 17.2 Å². The number of rotatable bonds is 9. The first-order valence-electron chi connectivity index (χ1n) is 7.74. The summed E-state index contributed by atoms with van der Waals surface area (Å²) >= 11 is 0. The lowest BCUT2D eigenvalue weighted by molar-refractivity contribution is 0.0681. The van der Waals surface area contributed by atoms with Gasteiger partial charge in [-0.1, -0.05) is 6.92 Å². The molecule has 0 aliphatic heterocycles. The number of likely N-dealkylation sites (N-methyl/N-ethyl adjacent to an activating group) is 1. The van der Waals surface area contributed by atoms with Crippen LogP contribution in [0.1, 0.15) is 36.5 Å². The standard InChI is InChI=1S/C16H25N3O2/c1-3-8-17-15-7-6-14(11-18-15)16(20)19(2)9-10-21-12-13-4-5-13/h6-7,11,13H,3-5,8-10,12H2,1-2H3,(H,17,18). The van der Waals surface area contributed by atoms with Crippen LogP contribution in [0.25, 0.3) is 0 Å². The molecule has 2 rings (SSSR count). The number of carbonyl (C=O) groups excluding carboxylic acids is 1. The lowest BCUT2D eigenvalue weighted by Crippen LogP contribution is -2.30. The van der Waals surface area contributed by atoms with Crippen LogP contribution in [0.15, 0.2) is 18.3 Å². The first-order valence-corrected chi connectivity index (χ1v) is 7.74. The van der Waals surface area contributed by atoms with Gasteiger partial charge in [-0.25, -0.2) is 4.98 Å². The zero-order chi connectivity index (χ0) is 15.1. The first-order chi connectivity index (χ1) is 10.2. The Hall–Kier alpha value is -1.62. The van der Waals surface area contributed by atoms with Crippen molar-refractivity contribution in [2.45, 2.75) is 26.2 Å². The van der Waals surface area contributed by atoms with Crippen molar-refractivity contribution in [3.8, 4) is 0 Å². The molecule has 1 aliphatic carbocycles. The molecule has 0 bridgehead atoms. The van der Waals surface area contributed by atoms with Gasteiger partial charge < -0.3 is 15.0 Å².